The minimum atomic E-state index is 0.0999. The van der Waals surface area contributed by atoms with Gasteiger partial charge in [0.15, 0.2) is 0 Å². The molecule has 3 nitrogen and oxygen atoms in total. The van der Waals surface area contributed by atoms with Crippen LogP contribution in [0.1, 0.15) is 18.5 Å². The molecule has 1 N–H and O–H groups in total. The Kier molecular flexibility index (Phi) is 3.94. The van der Waals surface area contributed by atoms with Crippen LogP contribution in [-0.4, -0.2) is 30.4 Å². The van der Waals surface area contributed by atoms with Gasteiger partial charge in [-0.05, 0) is 18.6 Å². The van der Waals surface area contributed by atoms with E-state index in [2.05, 4.69) is 17.4 Å². The number of rotatable bonds is 2. The average molecular weight is 230 g/mol. The van der Waals surface area contributed by atoms with Crippen molar-refractivity contribution >= 4 is 5.91 Å². The number of benzene rings is 1. The van der Waals surface area contributed by atoms with Crippen molar-refractivity contribution in [2.75, 3.05) is 19.6 Å². The molecule has 0 saturated carbocycles. The lowest BCUT2D eigenvalue weighted by Crippen LogP contribution is -2.48. The van der Waals surface area contributed by atoms with E-state index in [4.69, 9.17) is 0 Å². The predicted octanol–water partition coefficient (Wildman–Crippen LogP) is 1.74. The van der Waals surface area contributed by atoms with Gasteiger partial charge in [-0.25, -0.2) is 0 Å². The Labute approximate surface area is 102 Å². The second kappa shape index (κ2) is 5.64. The van der Waals surface area contributed by atoms with Crippen molar-refractivity contribution in [3.05, 3.63) is 48.0 Å². The lowest BCUT2D eigenvalue weighted by molar-refractivity contribution is -0.129. The Morgan fingerprint density at radius 2 is 2.18 bits per heavy atom. The van der Waals surface area contributed by atoms with Gasteiger partial charge < -0.3 is 10.2 Å². The van der Waals surface area contributed by atoms with Gasteiger partial charge in [0.25, 0.3) is 0 Å². The maximum atomic E-state index is 12.0. The first-order valence-electron chi connectivity index (χ1n) is 6.02. The van der Waals surface area contributed by atoms with Crippen LogP contribution < -0.4 is 5.32 Å². The van der Waals surface area contributed by atoms with Crippen molar-refractivity contribution in [2.24, 2.45) is 0 Å². The number of hydrogen-bond donors (Lipinski definition) is 1. The van der Waals surface area contributed by atoms with Crippen molar-refractivity contribution in [2.45, 2.75) is 13.0 Å². The fourth-order valence-electron chi connectivity index (χ4n) is 2.18. The van der Waals surface area contributed by atoms with E-state index in [-0.39, 0.29) is 11.9 Å². The molecule has 90 valence electrons. The molecule has 1 aromatic rings. The first-order valence-corrected chi connectivity index (χ1v) is 6.02. The molecular formula is C14H18N2O. The maximum absolute atomic E-state index is 12.0. The zero-order valence-corrected chi connectivity index (χ0v) is 10.1. The number of piperazine rings is 1. The summed E-state index contributed by atoms with van der Waals surface area (Å²) in [5.41, 5.74) is 1.19. The van der Waals surface area contributed by atoms with E-state index in [1.807, 2.05) is 30.0 Å². The quantitative estimate of drug-likeness (QED) is 0.785. The van der Waals surface area contributed by atoms with Crippen molar-refractivity contribution in [3.63, 3.8) is 0 Å². The molecular weight excluding hydrogens is 212 g/mol. The smallest absolute Gasteiger partial charge is 0.246 e. The molecule has 0 radical (unpaired) electrons. The Hall–Kier alpha value is -1.61. The lowest BCUT2D eigenvalue weighted by Gasteiger charge is -2.36. The summed E-state index contributed by atoms with van der Waals surface area (Å²) in [5, 5.41) is 3.34. The van der Waals surface area contributed by atoms with Gasteiger partial charge in [-0.2, -0.15) is 0 Å². The number of hydrogen-bond acceptors (Lipinski definition) is 2. The lowest BCUT2D eigenvalue weighted by atomic mass is 10.0. The zero-order valence-electron chi connectivity index (χ0n) is 10.1. The third-order valence-corrected chi connectivity index (χ3v) is 3.02. The van der Waals surface area contributed by atoms with E-state index in [1.54, 1.807) is 12.2 Å². The predicted molar refractivity (Wildman–Crippen MR) is 68.6 cm³/mol. The van der Waals surface area contributed by atoms with E-state index >= 15 is 0 Å². The van der Waals surface area contributed by atoms with Gasteiger partial charge in [0, 0.05) is 19.6 Å². The van der Waals surface area contributed by atoms with Gasteiger partial charge in [-0.1, -0.05) is 36.4 Å². The second-order valence-corrected chi connectivity index (χ2v) is 4.16. The van der Waals surface area contributed by atoms with Gasteiger partial charge in [0.1, 0.15) is 0 Å². The van der Waals surface area contributed by atoms with Gasteiger partial charge >= 0.3 is 0 Å². The molecule has 17 heavy (non-hydrogen) atoms. The number of carbonyl (C=O) groups is 1. The second-order valence-electron chi connectivity index (χ2n) is 4.16. The van der Waals surface area contributed by atoms with Gasteiger partial charge in [0.2, 0.25) is 5.91 Å². The van der Waals surface area contributed by atoms with Crippen molar-refractivity contribution in [1.82, 2.24) is 10.2 Å². The van der Waals surface area contributed by atoms with E-state index in [0.29, 0.717) is 0 Å². The summed E-state index contributed by atoms with van der Waals surface area (Å²) in [7, 11) is 0. The molecule has 1 aromatic carbocycles. The van der Waals surface area contributed by atoms with Crippen molar-refractivity contribution in [1.29, 1.82) is 0 Å². The number of nitrogens with zero attached hydrogens (tertiary/aromatic N) is 1. The largest absolute Gasteiger partial charge is 0.330 e. The van der Waals surface area contributed by atoms with Crippen LogP contribution in [0.25, 0.3) is 0 Å². The highest BCUT2D eigenvalue weighted by atomic mass is 16.2. The highest BCUT2D eigenvalue weighted by Crippen LogP contribution is 2.22. The van der Waals surface area contributed by atoms with E-state index in [9.17, 15) is 4.79 Å². The monoisotopic (exact) mass is 230 g/mol. The fourth-order valence-corrected chi connectivity index (χ4v) is 2.18. The summed E-state index contributed by atoms with van der Waals surface area (Å²) in [6.45, 7) is 4.33. The maximum Gasteiger partial charge on any atom is 0.246 e. The van der Waals surface area contributed by atoms with E-state index in [1.165, 1.54) is 5.56 Å². The number of nitrogens with one attached hydrogen (secondary N) is 1. The van der Waals surface area contributed by atoms with Crippen LogP contribution in [0.3, 0.4) is 0 Å². The molecule has 1 unspecified atom stereocenters. The minimum absolute atomic E-state index is 0.0999. The molecule has 0 bridgehead atoms. The zero-order chi connectivity index (χ0) is 12.1. The summed E-state index contributed by atoms with van der Waals surface area (Å²) < 4.78 is 0. The molecule has 3 heteroatoms. The number of amides is 1. The van der Waals surface area contributed by atoms with Gasteiger partial charge in [0.05, 0.1) is 6.04 Å². The van der Waals surface area contributed by atoms with Crippen molar-refractivity contribution in [3.8, 4) is 0 Å². The first-order chi connectivity index (χ1) is 8.33. The van der Waals surface area contributed by atoms with E-state index < -0.39 is 0 Å². The average Bonchev–Trinajstić information content (AvgIpc) is 2.40. The summed E-state index contributed by atoms with van der Waals surface area (Å²) in [6, 6.07) is 10.3. The van der Waals surface area contributed by atoms with Crippen LogP contribution in [0.2, 0.25) is 0 Å². The summed E-state index contributed by atoms with van der Waals surface area (Å²) in [6.07, 6.45) is 3.44. The van der Waals surface area contributed by atoms with Crippen LogP contribution in [0.4, 0.5) is 0 Å². The van der Waals surface area contributed by atoms with Crippen LogP contribution in [0.15, 0.2) is 42.5 Å². The van der Waals surface area contributed by atoms with Gasteiger partial charge in [-0.15, -0.1) is 0 Å². The molecule has 1 aliphatic heterocycles. The summed E-state index contributed by atoms with van der Waals surface area (Å²) in [4.78, 5) is 13.9. The first kappa shape index (κ1) is 11.9. The Bertz CT molecular complexity index is 400. The molecule has 1 heterocycles. The SMILES string of the molecule is C/C=C/C(=O)N1CCNCC1c1ccccc1. The molecule has 0 aliphatic carbocycles. The molecule has 0 aromatic heterocycles. The number of allylic oxidation sites excluding steroid dienone is 1. The van der Waals surface area contributed by atoms with Gasteiger partial charge in [-0.3, -0.25) is 4.79 Å². The summed E-state index contributed by atoms with van der Waals surface area (Å²) >= 11 is 0. The normalized spacial score (nSPS) is 20.8. The minimum Gasteiger partial charge on any atom is -0.330 e. The molecule has 1 atom stereocenters. The molecule has 0 spiro atoms. The third-order valence-electron chi connectivity index (χ3n) is 3.02. The topological polar surface area (TPSA) is 32.3 Å². The highest BCUT2D eigenvalue weighted by molar-refractivity contribution is 5.88. The molecule has 1 saturated heterocycles. The van der Waals surface area contributed by atoms with Crippen LogP contribution in [0.5, 0.6) is 0 Å². The summed E-state index contributed by atoms with van der Waals surface area (Å²) in [5.74, 6) is 0.0999. The van der Waals surface area contributed by atoms with Crippen LogP contribution >= 0.6 is 0 Å². The number of carbonyl (C=O) groups excluding carboxylic acids is 1. The molecule has 2 rings (SSSR count). The standard InChI is InChI=1S/C14H18N2O/c1-2-6-14(17)16-10-9-15-11-13(16)12-7-4-3-5-8-12/h2-8,13,15H,9-11H2,1H3/b6-2+. The van der Waals surface area contributed by atoms with E-state index in [0.717, 1.165) is 19.6 Å². The van der Waals surface area contributed by atoms with Crippen LogP contribution in [-0.2, 0) is 4.79 Å². The molecule has 1 fully saturated rings. The van der Waals surface area contributed by atoms with Crippen LogP contribution in [0, 0.1) is 0 Å². The molecule has 1 amide bonds. The third kappa shape index (κ3) is 2.74. The molecule has 1 aliphatic rings. The highest BCUT2D eigenvalue weighted by Gasteiger charge is 2.25. The Balaban J connectivity index is 2.21. The Morgan fingerprint density at radius 1 is 1.41 bits per heavy atom. The van der Waals surface area contributed by atoms with Crippen molar-refractivity contribution < 1.29 is 4.79 Å². The Morgan fingerprint density at radius 3 is 2.88 bits per heavy atom. The fraction of sp³-hybridized carbons (Fsp3) is 0.357.